The van der Waals surface area contributed by atoms with Crippen molar-refractivity contribution in [1.82, 2.24) is 10.6 Å². The number of nitrogens with one attached hydrogen (secondary N) is 2. The lowest BCUT2D eigenvalue weighted by Crippen LogP contribution is -2.45. The van der Waals surface area contributed by atoms with E-state index in [9.17, 15) is 19.7 Å². The van der Waals surface area contributed by atoms with Gasteiger partial charge in [-0.15, -0.1) is 0 Å². The van der Waals surface area contributed by atoms with Gasteiger partial charge in [-0.3, -0.25) is 10.1 Å². The smallest absolute Gasteiger partial charge is 0.338 e. The van der Waals surface area contributed by atoms with Gasteiger partial charge in [0.2, 0.25) is 5.75 Å². The summed E-state index contributed by atoms with van der Waals surface area (Å²) < 4.78 is 16.5. The number of benzene rings is 2. The molecule has 2 amide bonds. The third-order valence-corrected chi connectivity index (χ3v) is 4.88. The number of carbonyl (C=O) groups is 2. The Bertz CT molecular complexity index is 1080. The summed E-state index contributed by atoms with van der Waals surface area (Å²) in [5.74, 6) is -0.531. The molecule has 1 atom stereocenters. The molecule has 0 aliphatic carbocycles. The van der Waals surface area contributed by atoms with Crippen molar-refractivity contribution in [3.63, 3.8) is 0 Å². The normalized spacial score (nSPS) is 15.4. The SMILES string of the molecule is CCOc1cc(C2NC(=O)NC(C)=C2C(=O)OCc2ccccc2)cc([N+](=O)[O-])c1OCC. The zero-order valence-corrected chi connectivity index (χ0v) is 18.5. The fraction of sp³-hybridized carbons (Fsp3) is 0.304. The number of ether oxygens (including phenoxy) is 3. The van der Waals surface area contributed by atoms with E-state index in [0.717, 1.165) is 5.56 Å². The van der Waals surface area contributed by atoms with Crippen LogP contribution in [-0.4, -0.2) is 30.1 Å². The molecular weight excluding hydrogens is 430 g/mol. The standard InChI is InChI=1S/C23H25N3O7/c1-4-31-18-12-16(11-17(26(29)30)21(18)32-5-2)20-19(14(3)24-23(28)25-20)22(27)33-13-15-9-7-6-8-10-15/h6-12,20H,4-5,13H2,1-3H3,(H2,24,25,28). The van der Waals surface area contributed by atoms with Crippen LogP contribution in [0.3, 0.4) is 0 Å². The van der Waals surface area contributed by atoms with Gasteiger partial charge >= 0.3 is 17.7 Å². The number of urea groups is 1. The Morgan fingerprint density at radius 2 is 1.82 bits per heavy atom. The molecule has 2 N–H and O–H groups in total. The highest BCUT2D eigenvalue weighted by Crippen LogP contribution is 2.42. The molecule has 174 valence electrons. The van der Waals surface area contributed by atoms with Crippen molar-refractivity contribution < 1.29 is 28.7 Å². The monoisotopic (exact) mass is 455 g/mol. The Hall–Kier alpha value is -4.08. The molecule has 33 heavy (non-hydrogen) atoms. The summed E-state index contributed by atoms with van der Waals surface area (Å²) in [4.78, 5) is 36.4. The maximum atomic E-state index is 13.0. The first-order valence-electron chi connectivity index (χ1n) is 10.4. The minimum absolute atomic E-state index is 0.0118. The average Bonchev–Trinajstić information content (AvgIpc) is 2.78. The number of amides is 2. The number of hydrogen-bond donors (Lipinski definition) is 2. The number of carbonyl (C=O) groups excluding carboxylic acids is 2. The molecule has 2 aromatic rings. The number of nitro groups is 1. The third kappa shape index (κ3) is 5.40. The lowest BCUT2D eigenvalue weighted by molar-refractivity contribution is -0.386. The van der Waals surface area contributed by atoms with Crippen molar-refractivity contribution in [2.24, 2.45) is 0 Å². The molecule has 1 aliphatic rings. The van der Waals surface area contributed by atoms with E-state index in [-0.39, 0.29) is 53.8 Å². The zero-order valence-electron chi connectivity index (χ0n) is 18.5. The van der Waals surface area contributed by atoms with Gasteiger partial charge in [-0.25, -0.2) is 9.59 Å². The van der Waals surface area contributed by atoms with Gasteiger partial charge < -0.3 is 24.8 Å². The maximum Gasteiger partial charge on any atom is 0.338 e. The van der Waals surface area contributed by atoms with E-state index in [1.165, 1.54) is 12.1 Å². The van der Waals surface area contributed by atoms with Crippen LogP contribution in [0.25, 0.3) is 0 Å². The van der Waals surface area contributed by atoms with Crippen LogP contribution >= 0.6 is 0 Å². The van der Waals surface area contributed by atoms with Gasteiger partial charge in [-0.05, 0) is 38.0 Å². The van der Waals surface area contributed by atoms with Crippen LogP contribution in [0.4, 0.5) is 10.5 Å². The molecule has 0 bridgehead atoms. The molecule has 0 saturated carbocycles. The predicted molar refractivity (Wildman–Crippen MR) is 119 cm³/mol. The fourth-order valence-corrected chi connectivity index (χ4v) is 3.48. The number of nitrogens with zero attached hydrogens (tertiary/aromatic N) is 1. The van der Waals surface area contributed by atoms with Gasteiger partial charge in [0.15, 0.2) is 5.75 Å². The summed E-state index contributed by atoms with van der Waals surface area (Å²) >= 11 is 0. The van der Waals surface area contributed by atoms with Gasteiger partial charge in [-0.2, -0.15) is 0 Å². The first-order valence-corrected chi connectivity index (χ1v) is 10.4. The minimum atomic E-state index is -0.990. The van der Waals surface area contributed by atoms with Crippen molar-refractivity contribution in [1.29, 1.82) is 0 Å². The quantitative estimate of drug-likeness (QED) is 0.335. The first kappa shape index (κ1) is 23.6. The molecule has 0 spiro atoms. The minimum Gasteiger partial charge on any atom is -0.490 e. The zero-order chi connectivity index (χ0) is 24.0. The highest BCUT2D eigenvalue weighted by Gasteiger charge is 2.35. The van der Waals surface area contributed by atoms with Crippen LogP contribution in [0.2, 0.25) is 0 Å². The second-order valence-electron chi connectivity index (χ2n) is 7.12. The molecule has 0 radical (unpaired) electrons. The van der Waals surface area contributed by atoms with Crippen LogP contribution < -0.4 is 20.1 Å². The summed E-state index contributed by atoms with van der Waals surface area (Å²) in [6.45, 7) is 5.47. The molecule has 0 saturated heterocycles. The molecule has 1 unspecified atom stereocenters. The number of nitro benzene ring substituents is 1. The molecule has 1 heterocycles. The molecule has 1 aliphatic heterocycles. The number of esters is 1. The molecule has 10 nitrogen and oxygen atoms in total. The largest absolute Gasteiger partial charge is 0.490 e. The van der Waals surface area contributed by atoms with E-state index in [1.807, 2.05) is 30.3 Å². The summed E-state index contributed by atoms with van der Waals surface area (Å²) in [6, 6.07) is 10.4. The summed E-state index contributed by atoms with van der Waals surface area (Å²) in [5.41, 5.74) is 1.17. The van der Waals surface area contributed by atoms with Crippen LogP contribution in [0, 0.1) is 10.1 Å². The summed E-state index contributed by atoms with van der Waals surface area (Å²) in [6.07, 6.45) is 0. The Morgan fingerprint density at radius 1 is 1.12 bits per heavy atom. The van der Waals surface area contributed by atoms with Crippen molar-refractivity contribution in [3.8, 4) is 11.5 Å². The lowest BCUT2D eigenvalue weighted by atomic mass is 9.94. The van der Waals surface area contributed by atoms with E-state index in [2.05, 4.69) is 10.6 Å². The van der Waals surface area contributed by atoms with Crippen LogP contribution in [0.5, 0.6) is 11.5 Å². The average molecular weight is 455 g/mol. The van der Waals surface area contributed by atoms with E-state index in [1.54, 1.807) is 20.8 Å². The Balaban J connectivity index is 2.02. The predicted octanol–water partition coefficient (Wildman–Crippen LogP) is 3.76. The Morgan fingerprint density at radius 3 is 2.45 bits per heavy atom. The Kier molecular flexibility index (Phi) is 7.50. The molecule has 2 aromatic carbocycles. The topological polar surface area (TPSA) is 129 Å². The highest BCUT2D eigenvalue weighted by molar-refractivity contribution is 5.95. The third-order valence-electron chi connectivity index (χ3n) is 4.88. The molecule has 0 fully saturated rings. The molecule has 0 aromatic heterocycles. The van der Waals surface area contributed by atoms with Crippen molar-refractivity contribution in [2.75, 3.05) is 13.2 Å². The van der Waals surface area contributed by atoms with Gasteiger partial charge in [0.05, 0.1) is 29.8 Å². The molecule has 3 rings (SSSR count). The van der Waals surface area contributed by atoms with Crippen molar-refractivity contribution >= 4 is 17.7 Å². The number of rotatable bonds is 9. The van der Waals surface area contributed by atoms with Crippen LogP contribution in [0.1, 0.15) is 37.9 Å². The van der Waals surface area contributed by atoms with Crippen LogP contribution in [0.15, 0.2) is 53.7 Å². The van der Waals surface area contributed by atoms with E-state index in [4.69, 9.17) is 14.2 Å². The molecule has 10 heteroatoms. The number of allylic oxidation sites excluding steroid dienone is 1. The summed E-state index contributed by atoms with van der Waals surface area (Å²) in [7, 11) is 0. The number of hydrogen-bond acceptors (Lipinski definition) is 7. The van der Waals surface area contributed by atoms with E-state index < -0.39 is 23.0 Å². The van der Waals surface area contributed by atoms with Gasteiger partial charge in [0, 0.05) is 11.8 Å². The van der Waals surface area contributed by atoms with Gasteiger partial charge in [0.1, 0.15) is 6.61 Å². The Labute approximate surface area is 190 Å². The second-order valence-corrected chi connectivity index (χ2v) is 7.12. The van der Waals surface area contributed by atoms with Gasteiger partial charge in [-0.1, -0.05) is 30.3 Å². The van der Waals surface area contributed by atoms with E-state index >= 15 is 0 Å². The molecular formula is C23H25N3O7. The van der Waals surface area contributed by atoms with Gasteiger partial charge in [0.25, 0.3) is 0 Å². The van der Waals surface area contributed by atoms with Crippen molar-refractivity contribution in [3.05, 3.63) is 75.0 Å². The fourth-order valence-electron chi connectivity index (χ4n) is 3.48. The highest BCUT2D eigenvalue weighted by atomic mass is 16.6. The van der Waals surface area contributed by atoms with Crippen molar-refractivity contribution in [2.45, 2.75) is 33.4 Å². The van der Waals surface area contributed by atoms with Crippen LogP contribution in [-0.2, 0) is 16.1 Å². The summed E-state index contributed by atoms with van der Waals surface area (Å²) in [5, 5.41) is 17.0. The van der Waals surface area contributed by atoms with E-state index in [0.29, 0.717) is 0 Å². The maximum absolute atomic E-state index is 13.0. The second kappa shape index (κ2) is 10.5. The first-order chi connectivity index (χ1) is 15.8. The lowest BCUT2D eigenvalue weighted by Gasteiger charge is -2.28.